The number of rotatable bonds is 2. The number of benzene rings is 2. The number of nitrogens with zero attached hydrogens (tertiary/aromatic N) is 1. The molecule has 3 heteroatoms. The molecular weight excluding hydrogens is 248 g/mol. The normalized spacial score (nSPS) is 10.9. The fourth-order valence-electron chi connectivity index (χ4n) is 2.60. The van der Waals surface area contributed by atoms with Crippen molar-refractivity contribution in [1.29, 1.82) is 0 Å². The van der Waals surface area contributed by atoms with Crippen LogP contribution in [0.2, 0.25) is 0 Å². The van der Waals surface area contributed by atoms with Gasteiger partial charge in [0.2, 0.25) is 0 Å². The van der Waals surface area contributed by atoms with Gasteiger partial charge in [0.15, 0.2) is 0 Å². The van der Waals surface area contributed by atoms with Crippen molar-refractivity contribution in [2.24, 2.45) is 0 Å². The van der Waals surface area contributed by atoms with E-state index in [-0.39, 0.29) is 5.56 Å². The summed E-state index contributed by atoms with van der Waals surface area (Å²) in [5, 5.41) is 2.38. The van der Waals surface area contributed by atoms with E-state index in [1.165, 1.54) is 10.8 Å². The Kier molecular flexibility index (Phi) is 3.11. The summed E-state index contributed by atoms with van der Waals surface area (Å²) in [6.07, 6.45) is 0.607. The Labute approximate surface area is 117 Å². The molecule has 0 fully saturated rings. The van der Waals surface area contributed by atoms with Gasteiger partial charge in [0, 0.05) is 17.7 Å². The van der Waals surface area contributed by atoms with Crippen LogP contribution in [0, 0.1) is 13.8 Å². The first-order valence-corrected chi connectivity index (χ1v) is 6.68. The smallest absolute Gasteiger partial charge is 0.254 e. The van der Waals surface area contributed by atoms with Crippen LogP contribution in [0.25, 0.3) is 10.8 Å². The Bertz CT molecular complexity index is 829. The molecule has 1 N–H and O–H groups in total. The first kappa shape index (κ1) is 12.6. The standard InChI is InChI=1S/C17H16N2O/c1-11-16(17(20)19-12(2)18-11)10-14-8-5-7-13-6-3-4-9-15(13)14/h3-9H,10H2,1-2H3,(H,18,19,20). The second kappa shape index (κ2) is 4.93. The van der Waals surface area contributed by atoms with Gasteiger partial charge in [-0.2, -0.15) is 0 Å². The fraction of sp³-hybridized carbons (Fsp3) is 0.176. The Morgan fingerprint density at radius 2 is 1.80 bits per heavy atom. The summed E-state index contributed by atoms with van der Waals surface area (Å²) >= 11 is 0. The second-order valence-corrected chi connectivity index (χ2v) is 5.03. The fourth-order valence-corrected chi connectivity index (χ4v) is 2.60. The van der Waals surface area contributed by atoms with Crippen LogP contribution in [-0.4, -0.2) is 9.97 Å². The number of aromatic amines is 1. The maximum absolute atomic E-state index is 12.1. The second-order valence-electron chi connectivity index (χ2n) is 5.03. The average Bonchev–Trinajstić information content (AvgIpc) is 2.43. The van der Waals surface area contributed by atoms with E-state index in [9.17, 15) is 4.79 Å². The summed E-state index contributed by atoms with van der Waals surface area (Å²) in [5.41, 5.74) is 2.66. The number of aromatic nitrogens is 2. The van der Waals surface area contributed by atoms with E-state index in [4.69, 9.17) is 0 Å². The Hall–Kier alpha value is -2.42. The highest BCUT2D eigenvalue weighted by atomic mass is 16.1. The van der Waals surface area contributed by atoms with Gasteiger partial charge in [-0.15, -0.1) is 0 Å². The molecular formula is C17H16N2O. The zero-order valence-corrected chi connectivity index (χ0v) is 11.6. The maximum atomic E-state index is 12.1. The van der Waals surface area contributed by atoms with Crippen LogP contribution in [0.3, 0.4) is 0 Å². The van der Waals surface area contributed by atoms with Crippen LogP contribution in [0.4, 0.5) is 0 Å². The highest BCUT2D eigenvalue weighted by Crippen LogP contribution is 2.20. The largest absolute Gasteiger partial charge is 0.311 e. The van der Waals surface area contributed by atoms with E-state index in [1.54, 1.807) is 6.92 Å². The summed E-state index contributed by atoms with van der Waals surface area (Å²) in [4.78, 5) is 19.2. The van der Waals surface area contributed by atoms with Crippen LogP contribution >= 0.6 is 0 Å². The molecule has 0 aliphatic rings. The maximum Gasteiger partial charge on any atom is 0.254 e. The lowest BCUT2D eigenvalue weighted by molar-refractivity contribution is 0.929. The van der Waals surface area contributed by atoms with Crippen molar-refractivity contribution in [2.45, 2.75) is 20.3 Å². The predicted molar refractivity (Wildman–Crippen MR) is 81.1 cm³/mol. The summed E-state index contributed by atoms with van der Waals surface area (Å²) in [6.45, 7) is 3.69. The van der Waals surface area contributed by atoms with Gasteiger partial charge in [-0.3, -0.25) is 4.79 Å². The highest BCUT2D eigenvalue weighted by molar-refractivity contribution is 5.85. The van der Waals surface area contributed by atoms with Gasteiger partial charge in [-0.25, -0.2) is 4.98 Å². The van der Waals surface area contributed by atoms with Crippen molar-refractivity contribution >= 4 is 10.8 Å². The molecule has 1 heterocycles. The lowest BCUT2D eigenvalue weighted by atomic mass is 9.98. The summed E-state index contributed by atoms with van der Waals surface area (Å²) in [7, 11) is 0. The monoisotopic (exact) mass is 264 g/mol. The molecule has 0 aliphatic heterocycles. The first-order chi connectivity index (χ1) is 9.65. The van der Waals surface area contributed by atoms with E-state index in [2.05, 4.69) is 34.2 Å². The van der Waals surface area contributed by atoms with Crippen LogP contribution in [0.1, 0.15) is 22.6 Å². The molecule has 100 valence electrons. The molecule has 3 aromatic rings. The topological polar surface area (TPSA) is 45.8 Å². The molecule has 0 atom stereocenters. The van der Waals surface area contributed by atoms with Gasteiger partial charge in [-0.1, -0.05) is 42.5 Å². The Morgan fingerprint density at radius 1 is 1.05 bits per heavy atom. The molecule has 0 spiro atoms. The molecule has 0 bridgehead atoms. The quantitative estimate of drug-likeness (QED) is 0.773. The molecule has 2 aromatic carbocycles. The first-order valence-electron chi connectivity index (χ1n) is 6.68. The van der Waals surface area contributed by atoms with Crippen molar-refractivity contribution in [3.63, 3.8) is 0 Å². The minimum Gasteiger partial charge on any atom is -0.311 e. The van der Waals surface area contributed by atoms with E-state index in [0.717, 1.165) is 16.8 Å². The molecule has 0 unspecified atom stereocenters. The van der Waals surface area contributed by atoms with Gasteiger partial charge >= 0.3 is 0 Å². The number of hydrogen-bond donors (Lipinski definition) is 1. The van der Waals surface area contributed by atoms with Crippen LogP contribution in [0.5, 0.6) is 0 Å². The zero-order chi connectivity index (χ0) is 14.1. The zero-order valence-electron chi connectivity index (χ0n) is 11.6. The molecule has 3 rings (SSSR count). The summed E-state index contributed by atoms with van der Waals surface area (Å²) < 4.78 is 0. The van der Waals surface area contributed by atoms with Gasteiger partial charge in [0.25, 0.3) is 5.56 Å². The summed E-state index contributed by atoms with van der Waals surface area (Å²) in [6, 6.07) is 14.4. The number of hydrogen-bond acceptors (Lipinski definition) is 2. The number of fused-ring (bicyclic) bond motifs is 1. The van der Waals surface area contributed by atoms with Gasteiger partial charge in [-0.05, 0) is 30.2 Å². The molecule has 3 nitrogen and oxygen atoms in total. The molecule has 0 saturated carbocycles. The van der Waals surface area contributed by atoms with Gasteiger partial charge in [0.05, 0.1) is 0 Å². The van der Waals surface area contributed by atoms with Crippen molar-refractivity contribution in [3.8, 4) is 0 Å². The minimum atomic E-state index is -0.0389. The molecule has 0 saturated heterocycles. The molecule has 1 aromatic heterocycles. The van der Waals surface area contributed by atoms with Crippen LogP contribution in [0.15, 0.2) is 47.3 Å². The van der Waals surface area contributed by atoms with E-state index < -0.39 is 0 Å². The van der Waals surface area contributed by atoms with Gasteiger partial charge < -0.3 is 4.98 Å². The van der Waals surface area contributed by atoms with Crippen molar-refractivity contribution in [1.82, 2.24) is 9.97 Å². The van der Waals surface area contributed by atoms with E-state index in [1.807, 2.05) is 25.1 Å². The Balaban J connectivity index is 2.13. The SMILES string of the molecule is Cc1nc(C)c(Cc2cccc3ccccc23)c(=O)[nH]1. The molecule has 0 amide bonds. The highest BCUT2D eigenvalue weighted by Gasteiger charge is 2.09. The summed E-state index contributed by atoms with van der Waals surface area (Å²) in [5.74, 6) is 0.661. The van der Waals surface area contributed by atoms with Crippen molar-refractivity contribution < 1.29 is 0 Å². The number of nitrogens with one attached hydrogen (secondary N) is 1. The molecule has 0 aliphatic carbocycles. The molecule has 20 heavy (non-hydrogen) atoms. The molecule has 0 radical (unpaired) electrons. The van der Waals surface area contributed by atoms with Crippen molar-refractivity contribution in [3.05, 3.63) is 75.5 Å². The number of H-pyrrole nitrogens is 1. The number of aryl methyl sites for hydroxylation is 2. The minimum absolute atomic E-state index is 0.0389. The van der Waals surface area contributed by atoms with E-state index in [0.29, 0.717) is 12.2 Å². The van der Waals surface area contributed by atoms with E-state index >= 15 is 0 Å². The Morgan fingerprint density at radius 3 is 2.60 bits per heavy atom. The third kappa shape index (κ3) is 2.23. The predicted octanol–water partition coefficient (Wildman–Crippen LogP) is 3.13. The third-order valence-corrected chi connectivity index (χ3v) is 3.59. The van der Waals surface area contributed by atoms with Crippen LogP contribution in [-0.2, 0) is 6.42 Å². The average molecular weight is 264 g/mol. The third-order valence-electron chi connectivity index (χ3n) is 3.59. The lowest BCUT2D eigenvalue weighted by Gasteiger charge is -2.08. The lowest BCUT2D eigenvalue weighted by Crippen LogP contribution is -2.18. The van der Waals surface area contributed by atoms with Gasteiger partial charge in [0.1, 0.15) is 5.82 Å². The van der Waals surface area contributed by atoms with Crippen LogP contribution < -0.4 is 5.56 Å². The van der Waals surface area contributed by atoms with Crippen molar-refractivity contribution in [2.75, 3.05) is 0 Å².